The molecule has 2 unspecified atom stereocenters. The highest BCUT2D eigenvalue weighted by atomic mass is 32.1. The molecular formula is C13H20N4OS. The van der Waals surface area contributed by atoms with Gasteiger partial charge in [-0.1, -0.05) is 13.8 Å². The maximum atomic E-state index is 9.20. The monoisotopic (exact) mass is 280 g/mol. The molecule has 0 aromatic carbocycles. The maximum absolute atomic E-state index is 9.20. The molecule has 0 aliphatic heterocycles. The van der Waals surface area contributed by atoms with Crippen molar-refractivity contribution in [2.45, 2.75) is 33.2 Å². The molecule has 0 spiro atoms. The van der Waals surface area contributed by atoms with Crippen LogP contribution in [0.5, 0.6) is 0 Å². The van der Waals surface area contributed by atoms with Gasteiger partial charge in [0.15, 0.2) is 0 Å². The summed E-state index contributed by atoms with van der Waals surface area (Å²) in [6.45, 7) is 6.27. The number of nitrogens with two attached hydrogens (primary N) is 1. The molecule has 0 saturated carbocycles. The zero-order valence-corrected chi connectivity index (χ0v) is 12.3. The van der Waals surface area contributed by atoms with E-state index in [0.29, 0.717) is 0 Å². The smallest absolute Gasteiger partial charge is 0.223 e. The lowest BCUT2D eigenvalue weighted by Crippen LogP contribution is -2.26. The SMILES string of the molecule is CCc1cc2c(NC(C)C(C)CO)nc(N)nc2s1. The van der Waals surface area contributed by atoms with Gasteiger partial charge in [-0.05, 0) is 25.3 Å². The van der Waals surface area contributed by atoms with Crippen LogP contribution in [0.25, 0.3) is 10.2 Å². The standard InChI is InChI=1S/C13H20N4OS/c1-4-9-5-10-11(15-8(3)7(2)6-18)16-13(14)17-12(10)19-9/h5,7-8,18H,4,6H2,1-3H3,(H3,14,15,16,17). The van der Waals surface area contributed by atoms with E-state index >= 15 is 0 Å². The van der Waals surface area contributed by atoms with Gasteiger partial charge in [-0.2, -0.15) is 4.98 Å². The molecule has 104 valence electrons. The first-order valence-corrected chi connectivity index (χ1v) is 7.30. The maximum Gasteiger partial charge on any atom is 0.223 e. The Labute approximate surface area is 116 Å². The molecule has 4 N–H and O–H groups in total. The van der Waals surface area contributed by atoms with Crippen molar-refractivity contribution >= 4 is 33.3 Å². The van der Waals surface area contributed by atoms with Gasteiger partial charge in [-0.15, -0.1) is 11.3 Å². The van der Waals surface area contributed by atoms with Crippen LogP contribution < -0.4 is 11.1 Å². The lowest BCUT2D eigenvalue weighted by Gasteiger charge is -2.20. The van der Waals surface area contributed by atoms with E-state index in [1.165, 1.54) is 4.88 Å². The first-order chi connectivity index (χ1) is 9.05. The Balaban J connectivity index is 2.38. The van der Waals surface area contributed by atoms with Gasteiger partial charge in [0, 0.05) is 17.5 Å². The molecule has 2 aromatic rings. The Hall–Kier alpha value is -1.40. The molecule has 0 aliphatic rings. The van der Waals surface area contributed by atoms with Crippen LogP contribution in [0.3, 0.4) is 0 Å². The summed E-state index contributed by atoms with van der Waals surface area (Å²) in [6, 6.07) is 2.23. The quantitative estimate of drug-likeness (QED) is 0.782. The number of nitrogens with zero attached hydrogens (tertiary/aromatic N) is 2. The van der Waals surface area contributed by atoms with Gasteiger partial charge in [0.05, 0.1) is 5.39 Å². The lowest BCUT2D eigenvalue weighted by molar-refractivity contribution is 0.226. The highest BCUT2D eigenvalue weighted by molar-refractivity contribution is 7.18. The number of aliphatic hydroxyl groups is 1. The fourth-order valence-corrected chi connectivity index (χ4v) is 2.76. The van der Waals surface area contributed by atoms with E-state index in [4.69, 9.17) is 5.73 Å². The summed E-state index contributed by atoms with van der Waals surface area (Å²) < 4.78 is 0. The molecule has 19 heavy (non-hydrogen) atoms. The molecule has 0 bridgehead atoms. The van der Waals surface area contributed by atoms with Crippen LogP contribution in [0, 0.1) is 5.92 Å². The van der Waals surface area contributed by atoms with Gasteiger partial charge in [0.25, 0.3) is 0 Å². The van der Waals surface area contributed by atoms with E-state index in [1.807, 2.05) is 13.8 Å². The Morgan fingerprint density at radius 2 is 2.16 bits per heavy atom. The zero-order valence-electron chi connectivity index (χ0n) is 11.5. The van der Waals surface area contributed by atoms with Crippen molar-refractivity contribution < 1.29 is 5.11 Å². The van der Waals surface area contributed by atoms with Crippen molar-refractivity contribution in [1.82, 2.24) is 9.97 Å². The van der Waals surface area contributed by atoms with Crippen molar-refractivity contribution in [1.29, 1.82) is 0 Å². The van der Waals surface area contributed by atoms with Crippen LogP contribution in [0.15, 0.2) is 6.07 Å². The van der Waals surface area contributed by atoms with Crippen molar-refractivity contribution in [3.05, 3.63) is 10.9 Å². The number of nitrogens with one attached hydrogen (secondary N) is 1. The molecule has 0 fully saturated rings. The molecule has 2 aromatic heterocycles. The van der Waals surface area contributed by atoms with Crippen LogP contribution in [-0.2, 0) is 6.42 Å². The fourth-order valence-electron chi connectivity index (χ4n) is 1.79. The first-order valence-electron chi connectivity index (χ1n) is 6.48. The summed E-state index contributed by atoms with van der Waals surface area (Å²) in [5.41, 5.74) is 5.75. The summed E-state index contributed by atoms with van der Waals surface area (Å²) in [7, 11) is 0. The second-order valence-electron chi connectivity index (χ2n) is 4.81. The minimum absolute atomic E-state index is 0.118. The number of nitrogen functional groups attached to an aromatic ring is 1. The number of aromatic nitrogens is 2. The highest BCUT2D eigenvalue weighted by Crippen LogP contribution is 2.30. The van der Waals surface area contributed by atoms with Crippen molar-refractivity contribution in [2.75, 3.05) is 17.7 Å². The zero-order chi connectivity index (χ0) is 14.0. The number of aliphatic hydroxyl groups excluding tert-OH is 1. The molecule has 0 saturated heterocycles. The third-order valence-electron chi connectivity index (χ3n) is 3.32. The van der Waals surface area contributed by atoms with E-state index in [2.05, 4.69) is 28.3 Å². The molecule has 5 nitrogen and oxygen atoms in total. The Morgan fingerprint density at radius 1 is 1.42 bits per heavy atom. The Kier molecular flexibility index (Phi) is 4.21. The second kappa shape index (κ2) is 5.71. The summed E-state index contributed by atoms with van der Waals surface area (Å²) >= 11 is 1.65. The summed E-state index contributed by atoms with van der Waals surface area (Å²) in [5.74, 6) is 1.19. The number of hydrogen-bond acceptors (Lipinski definition) is 6. The topological polar surface area (TPSA) is 84.1 Å². The molecule has 0 radical (unpaired) electrons. The molecule has 2 atom stereocenters. The summed E-state index contributed by atoms with van der Waals surface area (Å²) in [5, 5.41) is 13.5. The predicted molar refractivity (Wildman–Crippen MR) is 80.5 cm³/mol. The van der Waals surface area contributed by atoms with Gasteiger partial charge >= 0.3 is 0 Å². The number of fused-ring (bicyclic) bond motifs is 1. The molecule has 6 heteroatoms. The van der Waals surface area contributed by atoms with Gasteiger partial charge < -0.3 is 16.2 Å². The minimum atomic E-state index is 0.118. The molecule has 0 amide bonds. The van der Waals surface area contributed by atoms with E-state index < -0.39 is 0 Å². The first kappa shape index (κ1) is 14.0. The number of aryl methyl sites for hydroxylation is 1. The molecule has 0 aliphatic carbocycles. The van der Waals surface area contributed by atoms with Gasteiger partial charge in [0.2, 0.25) is 5.95 Å². The van der Waals surface area contributed by atoms with Gasteiger partial charge in [0.1, 0.15) is 10.6 Å². The molecule has 2 rings (SSSR count). The largest absolute Gasteiger partial charge is 0.396 e. The third kappa shape index (κ3) is 2.96. The van der Waals surface area contributed by atoms with Crippen LogP contribution in [0.1, 0.15) is 25.6 Å². The average molecular weight is 280 g/mol. The van der Waals surface area contributed by atoms with Crippen LogP contribution in [0.2, 0.25) is 0 Å². The average Bonchev–Trinajstić information content (AvgIpc) is 2.80. The fraction of sp³-hybridized carbons (Fsp3) is 0.538. The van der Waals surface area contributed by atoms with E-state index in [1.54, 1.807) is 11.3 Å². The number of thiophene rings is 1. The van der Waals surface area contributed by atoms with Crippen LogP contribution >= 0.6 is 11.3 Å². The van der Waals surface area contributed by atoms with Crippen molar-refractivity contribution in [2.24, 2.45) is 5.92 Å². The van der Waals surface area contributed by atoms with E-state index in [9.17, 15) is 5.11 Å². The lowest BCUT2D eigenvalue weighted by atomic mass is 10.1. The minimum Gasteiger partial charge on any atom is -0.396 e. The normalized spacial score (nSPS) is 14.5. The number of hydrogen-bond donors (Lipinski definition) is 3. The number of rotatable bonds is 5. The summed E-state index contributed by atoms with van der Waals surface area (Å²) in [4.78, 5) is 10.7. The molecule has 2 heterocycles. The van der Waals surface area contributed by atoms with Gasteiger partial charge in [-0.25, -0.2) is 4.98 Å². The van der Waals surface area contributed by atoms with Crippen LogP contribution in [-0.4, -0.2) is 27.7 Å². The Bertz CT molecular complexity index is 569. The van der Waals surface area contributed by atoms with Crippen molar-refractivity contribution in [3.63, 3.8) is 0 Å². The number of anilines is 2. The van der Waals surface area contributed by atoms with E-state index in [0.717, 1.165) is 22.5 Å². The molecular weight excluding hydrogens is 260 g/mol. The van der Waals surface area contributed by atoms with E-state index in [-0.39, 0.29) is 24.5 Å². The van der Waals surface area contributed by atoms with Gasteiger partial charge in [-0.3, -0.25) is 0 Å². The summed E-state index contributed by atoms with van der Waals surface area (Å²) in [6.07, 6.45) is 0.975. The van der Waals surface area contributed by atoms with Crippen molar-refractivity contribution in [3.8, 4) is 0 Å². The highest BCUT2D eigenvalue weighted by Gasteiger charge is 2.15. The second-order valence-corrected chi connectivity index (χ2v) is 5.92. The Morgan fingerprint density at radius 3 is 2.79 bits per heavy atom. The van der Waals surface area contributed by atoms with Crippen LogP contribution in [0.4, 0.5) is 11.8 Å². The third-order valence-corrected chi connectivity index (χ3v) is 4.49. The predicted octanol–water partition coefficient (Wildman–Crippen LogP) is 2.26.